The Hall–Kier alpha value is -0.830. The summed E-state index contributed by atoms with van der Waals surface area (Å²) >= 11 is 0. The van der Waals surface area contributed by atoms with Gasteiger partial charge in [0, 0.05) is 0 Å². The standard InChI is InChI=1S/C7H12N2O/c1-5-6(7(2,3)8)10-4-9-5/h4H,8H2,1-3H3. The highest BCUT2D eigenvalue weighted by molar-refractivity contribution is 5.13. The molecule has 0 amide bonds. The smallest absolute Gasteiger partial charge is 0.181 e. The van der Waals surface area contributed by atoms with Crippen molar-refractivity contribution in [2.75, 3.05) is 0 Å². The summed E-state index contributed by atoms with van der Waals surface area (Å²) in [7, 11) is 0. The fourth-order valence-corrected chi connectivity index (χ4v) is 0.920. The highest BCUT2D eigenvalue weighted by Crippen LogP contribution is 2.18. The maximum absolute atomic E-state index is 5.77. The molecule has 0 atom stereocenters. The second kappa shape index (κ2) is 2.09. The summed E-state index contributed by atoms with van der Waals surface area (Å²) < 4.78 is 5.09. The van der Waals surface area contributed by atoms with Crippen molar-refractivity contribution in [2.24, 2.45) is 5.73 Å². The van der Waals surface area contributed by atoms with Crippen LogP contribution in [0.2, 0.25) is 0 Å². The van der Waals surface area contributed by atoms with Gasteiger partial charge in [0.25, 0.3) is 0 Å². The zero-order chi connectivity index (χ0) is 7.78. The van der Waals surface area contributed by atoms with E-state index in [1.165, 1.54) is 6.39 Å². The first-order chi connectivity index (χ1) is 4.52. The number of hydrogen-bond donors (Lipinski definition) is 1. The Bertz CT molecular complexity index is 222. The van der Waals surface area contributed by atoms with E-state index < -0.39 is 5.54 Å². The first kappa shape index (κ1) is 7.28. The minimum atomic E-state index is -0.416. The highest BCUT2D eigenvalue weighted by atomic mass is 16.3. The summed E-state index contributed by atoms with van der Waals surface area (Å²) in [5, 5.41) is 0. The lowest BCUT2D eigenvalue weighted by molar-refractivity contribution is 0.391. The maximum Gasteiger partial charge on any atom is 0.181 e. The molecule has 0 aliphatic rings. The Labute approximate surface area is 60.2 Å². The summed E-state index contributed by atoms with van der Waals surface area (Å²) in [4.78, 5) is 3.94. The zero-order valence-corrected chi connectivity index (χ0v) is 6.51. The number of oxazole rings is 1. The Morgan fingerprint density at radius 3 is 2.40 bits per heavy atom. The van der Waals surface area contributed by atoms with Crippen LogP contribution in [0.4, 0.5) is 0 Å². The van der Waals surface area contributed by atoms with E-state index in [0.29, 0.717) is 0 Å². The van der Waals surface area contributed by atoms with Crippen LogP contribution in [0.15, 0.2) is 10.8 Å². The van der Waals surface area contributed by atoms with E-state index >= 15 is 0 Å². The van der Waals surface area contributed by atoms with Crippen LogP contribution in [-0.2, 0) is 5.54 Å². The second-order valence-corrected chi connectivity index (χ2v) is 2.99. The third kappa shape index (κ3) is 1.19. The monoisotopic (exact) mass is 140 g/mol. The molecule has 0 fully saturated rings. The van der Waals surface area contributed by atoms with Gasteiger partial charge in [0.15, 0.2) is 6.39 Å². The Balaban J connectivity index is 3.05. The lowest BCUT2D eigenvalue weighted by atomic mass is 10.0. The predicted octanol–water partition coefficient (Wildman–Crippen LogP) is 1.18. The van der Waals surface area contributed by atoms with Crippen molar-refractivity contribution in [3.8, 4) is 0 Å². The average molecular weight is 140 g/mol. The summed E-state index contributed by atoms with van der Waals surface area (Å²) in [5.74, 6) is 0.757. The van der Waals surface area contributed by atoms with Crippen LogP contribution < -0.4 is 5.73 Å². The van der Waals surface area contributed by atoms with E-state index in [1.807, 2.05) is 20.8 Å². The highest BCUT2D eigenvalue weighted by Gasteiger charge is 2.20. The van der Waals surface area contributed by atoms with Crippen molar-refractivity contribution >= 4 is 0 Å². The molecular formula is C7H12N2O. The third-order valence-corrected chi connectivity index (χ3v) is 1.33. The summed E-state index contributed by atoms with van der Waals surface area (Å²) in [6.45, 7) is 5.66. The van der Waals surface area contributed by atoms with E-state index in [0.717, 1.165) is 11.5 Å². The van der Waals surface area contributed by atoms with Crippen LogP contribution >= 0.6 is 0 Å². The number of rotatable bonds is 1. The lowest BCUT2D eigenvalue weighted by Crippen LogP contribution is -2.28. The molecule has 1 heterocycles. The molecule has 3 heteroatoms. The Kier molecular flexibility index (Phi) is 1.52. The Morgan fingerprint density at radius 2 is 2.20 bits per heavy atom. The van der Waals surface area contributed by atoms with Crippen LogP contribution in [-0.4, -0.2) is 4.98 Å². The molecule has 3 nitrogen and oxygen atoms in total. The molecule has 0 bridgehead atoms. The van der Waals surface area contributed by atoms with Gasteiger partial charge in [-0.1, -0.05) is 0 Å². The predicted molar refractivity (Wildman–Crippen MR) is 38.5 cm³/mol. The van der Waals surface area contributed by atoms with Gasteiger partial charge in [-0.05, 0) is 20.8 Å². The quantitative estimate of drug-likeness (QED) is 0.637. The minimum Gasteiger partial charge on any atom is -0.446 e. The molecule has 0 unspecified atom stereocenters. The topological polar surface area (TPSA) is 52.0 Å². The van der Waals surface area contributed by atoms with Crippen molar-refractivity contribution in [3.05, 3.63) is 17.8 Å². The largest absolute Gasteiger partial charge is 0.446 e. The number of hydrogen-bond acceptors (Lipinski definition) is 3. The van der Waals surface area contributed by atoms with Crippen LogP contribution in [0.3, 0.4) is 0 Å². The maximum atomic E-state index is 5.77. The first-order valence-electron chi connectivity index (χ1n) is 3.21. The van der Waals surface area contributed by atoms with Crippen molar-refractivity contribution in [2.45, 2.75) is 26.3 Å². The van der Waals surface area contributed by atoms with Gasteiger partial charge in [-0.3, -0.25) is 0 Å². The molecule has 1 rings (SSSR count). The zero-order valence-electron chi connectivity index (χ0n) is 6.51. The number of aromatic nitrogens is 1. The van der Waals surface area contributed by atoms with Crippen molar-refractivity contribution < 1.29 is 4.42 Å². The molecule has 0 aromatic carbocycles. The van der Waals surface area contributed by atoms with Gasteiger partial charge in [-0.2, -0.15) is 0 Å². The van der Waals surface area contributed by atoms with E-state index in [-0.39, 0.29) is 0 Å². The molecule has 0 aliphatic heterocycles. The molecular weight excluding hydrogens is 128 g/mol. The van der Waals surface area contributed by atoms with Gasteiger partial charge in [0.2, 0.25) is 0 Å². The van der Waals surface area contributed by atoms with Crippen molar-refractivity contribution in [3.63, 3.8) is 0 Å². The van der Waals surface area contributed by atoms with Crippen molar-refractivity contribution in [1.82, 2.24) is 4.98 Å². The normalized spacial score (nSPS) is 12.0. The minimum absolute atomic E-state index is 0.416. The molecule has 1 aromatic rings. The number of nitrogens with zero attached hydrogens (tertiary/aromatic N) is 1. The van der Waals surface area contributed by atoms with E-state index in [1.54, 1.807) is 0 Å². The molecule has 1 aromatic heterocycles. The average Bonchev–Trinajstić information content (AvgIpc) is 2.11. The molecule has 0 radical (unpaired) electrons. The van der Waals surface area contributed by atoms with Gasteiger partial charge >= 0.3 is 0 Å². The lowest BCUT2D eigenvalue weighted by Gasteiger charge is -2.14. The summed E-state index contributed by atoms with van der Waals surface area (Å²) in [6, 6.07) is 0. The number of nitrogens with two attached hydrogens (primary N) is 1. The first-order valence-corrected chi connectivity index (χ1v) is 3.21. The molecule has 2 N–H and O–H groups in total. The second-order valence-electron chi connectivity index (χ2n) is 2.99. The van der Waals surface area contributed by atoms with Gasteiger partial charge in [-0.15, -0.1) is 0 Å². The van der Waals surface area contributed by atoms with Crippen LogP contribution in [0, 0.1) is 6.92 Å². The van der Waals surface area contributed by atoms with E-state index in [9.17, 15) is 0 Å². The molecule has 0 saturated carbocycles. The van der Waals surface area contributed by atoms with Crippen LogP contribution in [0.1, 0.15) is 25.3 Å². The SMILES string of the molecule is Cc1ncoc1C(C)(C)N. The summed E-state index contributed by atoms with van der Waals surface area (Å²) in [5.41, 5.74) is 6.22. The van der Waals surface area contributed by atoms with E-state index in [4.69, 9.17) is 10.2 Å². The fraction of sp³-hybridized carbons (Fsp3) is 0.571. The third-order valence-electron chi connectivity index (χ3n) is 1.33. The molecule has 10 heavy (non-hydrogen) atoms. The molecule has 0 spiro atoms. The Morgan fingerprint density at radius 1 is 1.60 bits per heavy atom. The van der Waals surface area contributed by atoms with Crippen molar-refractivity contribution in [1.29, 1.82) is 0 Å². The fourth-order valence-electron chi connectivity index (χ4n) is 0.920. The molecule has 0 saturated heterocycles. The van der Waals surface area contributed by atoms with Gasteiger partial charge in [0.1, 0.15) is 5.76 Å². The van der Waals surface area contributed by atoms with E-state index in [2.05, 4.69) is 4.98 Å². The van der Waals surface area contributed by atoms with Crippen LogP contribution in [0.5, 0.6) is 0 Å². The molecule has 56 valence electrons. The van der Waals surface area contributed by atoms with Crippen LogP contribution in [0.25, 0.3) is 0 Å². The molecule has 0 aliphatic carbocycles. The van der Waals surface area contributed by atoms with Gasteiger partial charge < -0.3 is 10.2 Å². The van der Waals surface area contributed by atoms with Gasteiger partial charge in [0.05, 0.1) is 11.2 Å². The summed E-state index contributed by atoms with van der Waals surface area (Å²) in [6.07, 6.45) is 1.42. The van der Waals surface area contributed by atoms with Gasteiger partial charge in [-0.25, -0.2) is 4.98 Å². The number of aryl methyl sites for hydroxylation is 1.